The molecule has 3 nitrogen and oxygen atoms in total. The minimum Gasteiger partial charge on any atom is -0.372 e. The van der Waals surface area contributed by atoms with Crippen LogP contribution in [-0.4, -0.2) is 11.1 Å². The lowest BCUT2D eigenvalue weighted by molar-refractivity contribution is -0.0482. The van der Waals surface area contributed by atoms with Gasteiger partial charge in [0.15, 0.2) is 0 Å². The Bertz CT molecular complexity index is 391. The smallest absolute Gasteiger partial charge is 0.107 e. The lowest BCUT2D eigenvalue weighted by Gasteiger charge is -2.37. The number of hydrogen-bond acceptors (Lipinski definition) is 4. The Balaban J connectivity index is 1.91. The van der Waals surface area contributed by atoms with Gasteiger partial charge in [-0.2, -0.15) is 0 Å². The van der Waals surface area contributed by atoms with Crippen LogP contribution in [-0.2, 0) is 17.9 Å². The fourth-order valence-electron chi connectivity index (χ4n) is 3.01. The van der Waals surface area contributed by atoms with Gasteiger partial charge in [0.1, 0.15) is 5.01 Å². The van der Waals surface area contributed by atoms with E-state index < -0.39 is 0 Å². The first-order valence-electron chi connectivity index (χ1n) is 7.35. The van der Waals surface area contributed by atoms with Gasteiger partial charge in [0.2, 0.25) is 0 Å². The van der Waals surface area contributed by atoms with Crippen LogP contribution in [0.4, 0.5) is 0 Å². The van der Waals surface area contributed by atoms with Crippen LogP contribution in [0.1, 0.15) is 50.7 Å². The van der Waals surface area contributed by atoms with Crippen molar-refractivity contribution in [3.05, 3.63) is 16.1 Å². The molecule has 1 aliphatic carbocycles. The third-order valence-electron chi connectivity index (χ3n) is 4.18. The van der Waals surface area contributed by atoms with Crippen molar-refractivity contribution in [3.63, 3.8) is 0 Å². The Morgan fingerprint density at radius 2 is 2.26 bits per heavy atom. The highest BCUT2D eigenvalue weighted by Gasteiger charge is 2.31. The topological polar surface area (TPSA) is 48.1 Å². The molecule has 0 saturated heterocycles. The molecule has 1 aliphatic rings. The molecule has 0 radical (unpaired) electrons. The van der Waals surface area contributed by atoms with E-state index in [2.05, 4.69) is 31.1 Å². The molecule has 3 atom stereocenters. The number of thiazole rings is 1. The summed E-state index contributed by atoms with van der Waals surface area (Å²) in [7, 11) is 0. The molecule has 2 N–H and O–H groups in total. The highest BCUT2D eigenvalue weighted by Crippen LogP contribution is 2.35. The van der Waals surface area contributed by atoms with Gasteiger partial charge in [-0.05, 0) is 30.6 Å². The average Bonchev–Trinajstić information content (AvgIpc) is 2.84. The summed E-state index contributed by atoms with van der Waals surface area (Å²) in [5.74, 6) is 2.19. The van der Waals surface area contributed by atoms with Crippen LogP contribution >= 0.6 is 11.3 Å². The van der Waals surface area contributed by atoms with Gasteiger partial charge in [0, 0.05) is 11.9 Å². The number of nitrogens with zero attached hydrogens (tertiary/aromatic N) is 1. The van der Waals surface area contributed by atoms with Crippen molar-refractivity contribution < 1.29 is 4.74 Å². The Morgan fingerprint density at radius 3 is 2.89 bits per heavy atom. The van der Waals surface area contributed by atoms with Crippen molar-refractivity contribution >= 4 is 11.3 Å². The van der Waals surface area contributed by atoms with Crippen molar-refractivity contribution in [2.45, 2.75) is 59.3 Å². The maximum absolute atomic E-state index is 6.17. The molecule has 1 fully saturated rings. The van der Waals surface area contributed by atoms with Crippen molar-refractivity contribution in [3.8, 4) is 0 Å². The zero-order valence-corrected chi connectivity index (χ0v) is 13.1. The molecule has 4 heteroatoms. The molecule has 0 amide bonds. The van der Waals surface area contributed by atoms with Crippen LogP contribution in [0.2, 0.25) is 0 Å². The van der Waals surface area contributed by atoms with E-state index in [1.54, 1.807) is 11.3 Å². The number of hydrogen-bond donors (Lipinski definition) is 1. The van der Waals surface area contributed by atoms with Crippen molar-refractivity contribution in [2.24, 2.45) is 23.5 Å². The molecule has 0 bridgehead atoms. The monoisotopic (exact) mass is 282 g/mol. The lowest BCUT2D eigenvalue weighted by Crippen LogP contribution is -2.34. The maximum atomic E-state index is 6.17. The van der Waals surface area contributed by atoms with Gasteiger partial charge in [-0.1, -0.05) is 27.2 Å². The second kappa shape index (κ2) is 6.82. The summed E-state index contributed by atoms with van der Waals surface area (Å²) in [6.07, 6.45) is 4.23. The minimum absolute atomic E-state index is 0.395. The predicted octanol–water partition coefficient (Wildman–Crippen LogP) is 3.58. The second-order valence-corrected chi connectivity index (χ2v) is 7.05. The normalized spacial score (nSPS) is 27.9. The van der Waals surface area contributed by atoms with Crippen LogP contribution in [0.15, 0.2) is 5.38 Å². The van der Waals surface area contributed by atoms with Gasteiger partial charge in [0.25, 0.3) is 0 Å². The first kappa shape index (κ1) is 14.9. The molecule has 1 saturated carbocycles. The molecular weight excluding hydrogens is 256 g/mol. The molecule has 0 aliphatic heterocycles. The standard InChI is InChI=1S/C15H26N2OS/c1-10(2)13-5-4-11(3)6-14(13)18-8-12-9-19-15(7-16)17-12/h9-11,13-14H,4-8,16H2,1-3H3. The summed E-state index contributed by atoms with van der Waals surface area (Å²) in [4.78, 5) is 4.47. The Morgan fingerprint density at radius 1 is 1.47 bits per heavy atom. The van der Waals surface area contributed by atoms with E-state index in [1.165, 1.54) is 19.3 Å². The summed E-state index contributed by atoms with van der Waals surface area (Å²) >= 11 is 1.63. The number of nitrogens with two attached hydrogens (primary N) is 1. The van der Waals surface area contributed by atoms with Gasteiger partial charge in [-0.15, -0.1) is 11.3 Å². The van der Waals surface area contributed by atoms with Crippen LogP contribution in [0.25, 0.3) is 0 Å². The van der Waals surface area contributed by atoms with E-state index in [9.17, 15) is 0 Å². The highest BCUT2D eigenvalue weighted by molar-refractivity contribution is 7.09. The van der Waals surface area contributed by atoms with Gasteiger partial charge in [-0.25, -0.2) is 4.98 Å². The molecule has 1 heterocycles. The summed E-state index contributed by atoms with van der Waals surface area (Å²) in [5.41, 5.74) is 6.62. The van der Waals surface area contributed by atoms with Crippen LogP contribution < -0.4 is 5.73 Å². The Labute approximate surface area is 120 Å². The molecule has 19 heavy (non-hydrogen) atoms. The Hall–Kier alpha value is -0.450. The third-order valence-corrected chi connectivity index (χ3v) is 5.10. The summed E-state index contributed by atoms with van der Waals surface area (Å²) < 4.78 is 6.17. The first-order valence-corrected chi connectivity index (χ1v) is 8.23. The quantitative estimate of drug-likeness (QED) is 0.898. The summed E-state index contributed by atoms with van der Waals surface area (Å²) in [5, 5.41) is 3.06. The molecule has 108 valence electrons. The van der Waals surface area contributed by atoms with Gasteiger partial charge < -0.3 is 10.5 Å². The van der Waals surface area contributed by atoms with Gasteiger partial charge >= 0.3 is 0 Å². The zero-order chi connectivity index (χ0) is 13.8. The summed E-state index contributed by atoms with van der Waals surface area (Å²) in [6, 6.07) is 0. The average molecular weight is 282 g/mol. The molecular formula is C15H26N2OS. The summed E-state index contributed by atoms with van der Waals surface area (Å²) in [6.45, 7) is 8.12. The fourth-order valence-corrected chi connectivity index (χ4v) is 3.67. The lowest BCUT2D eigenvalue weighted by atomic mass is 9.75. The number of aromatic nitrogens is 1. The van der Waals surface area contributed by atoms with Crippen LogP contribution in [0.3, 0.4) is 0 Å². The first-order chi connectivity index (χ1) is 9.10. The van der Waals surface area contributed by atoms with E-state index in [4.69, 9.17) is 10.5 Å². The highest BCUT2D eigenvalue weighted by atomic mass is 32.1. The van der Waals surface area contributed by atoms with E-state index in [1.807, 2.05) is 0 Å². The largest absolute Gasteiger partial charge is 0.372 e. The van der Waals surface area contributed by atoms with Gasteiger partial charge in [0.05, 0.1) is 18.4 Å². The van der Waals surface area contributed by atoms with Crippen LogP contribution in [0, 0.1) is 17.8 Å². The van der Waals surface area contributed by atoms with Crippen molar-refractivity contribution in [1.82, 2.24) is 4.98 Å². The second-order valence-electron chi connectivity index (χ2n) is 6.11. The van der Waals surface area contributed by atoms with E-state index in [-0.39, 0.29) is 0 Å². The number of rotatable bonds is 5. The molecule has 1 aromatic heterocycles. The van der Waals surface area contributed by atoms with E-state index >= 15 is 0 Å². The predicted molar refractivity (Wildman–Crippen MR) is 79.9 cm³/mol. The maximum Gasteiger partial charge on any atom is 0.107 e. The zero-order valence-electron chi connectivity index (χ0n) is 12.3. The molecule has 0 aromatic carbocycles. The molecule has 2 rings (SSSR count). The molecule has 0 spiro atoms. The van der Waals surface area contributed by atoms with E-state index in [0.29, 0.717) is 31.1 Å². The minimum atomic E-state index is 0.395. The van der Waals surface area contributed by atoms with E-state index in [0.717, 1.165) is 16.6 Å². The third kappa shape index (κ3) is 4.01. The fraction of sp³-hybridized carbons (Fsp3) is 0.800. The number of ether oxygens (including phenoxy) is 1. The van der Waals surface area contributed by atoms with Gasteiger partial charge in [-0.3, -0.25) is 0 Å². The van der Waals surface area contributed by atoms with Crippen molar-refractivity contribution in [1.29, 1.82) is 0 Å². The molecule has 3 unspecified atom stereocenters. The van der Waals surface area contributed by atoms with Crippen molar-refractivity contribution in [2.75, 3.05) is 0 Å². The van der Waals surface area contributed by atoms with Crippen LogP contribution in [0.5, 0.6) is 0 Å². The SMILES string of the molecule is CC1CCC(C(C)C)C(OCc2csc(CN)n2)C1. The molecule has 1 aromatic rings. The Kier molecular flexibility index (Phi) is 5.37.